The molecule has 156 valence electrons. The summed E-state index contributed by atoms with van der Waals surface area (Å²) in [6.45, 7) is 8.88. The molecule has 2 fully saturated rings. The van der Waals surface area contributed by atoms with Crippen LogP contribution in [0.5, 0.6) is 5.75 Å². The Bertz CT molecular complexity index is 821. The molecule has 3 heterocycles. The average Bonchev–Trinajstić information content (AvgIpc) is 3.20. The Kier molecular flexibility index (Phi) is 6.16. The number of carbonyl (C=O) groups excluding carboxylic acids is 1. The number of amides is 1. The summed E-state index contributed by atoms with van der Waals surface area (Å²) in [5.74, 6) is 1.64. The van der Waals surface area contributed by atoms with E-state index >= 15 is 0 Å². The first kappa shape index (κ1) is 19.9. The van der Waals surface area contributed by atoms with Gasteiger partial charge in [0.1, 0.15) is 12.0 Å². The van der Waals surface area contributed by atoms with Crippen LogP contribution in [0.2, 0.25) is 0 Å². The number of nitrogens with zero attached hydrogens (tertiary/aromatic N) is 4. The number of aromatic hydroxyl groups is 1. The number of para-hydroxylation sites is 1. The lowest BCUT2D eigenvalue weighted by molar-refractivity contribution is 0.0691. The molecule has 0 bridgehead atoms. The smallest absolute Gasteiger partial charge is 0.275 e. The van der Waals surface area contributed by atoms with Gasteiger partial charge in [0, 0.05) is 51.4 Å². The number of piperidine rings is 1. The minimum Gasteiger partial charge on any atom is -0.508 e. The fourth-order valence-electron chi connectivity index (χ4n) is 4.04. The molecule has 2 aliphatic heterocycles. The van der Waals surface area contributed by atoms with E-state index in [4.69, 9.17) is 4.42 Å². The molecule has 1 amide bonds. The van der Waals surface area contributed by atoms with Gasteiger partial charge < -0.3 is 14.4 Å². The number of oxazole rings is 1. The van der Waals surface area contributed by atoms with Crippen molar-refractivity contribution in [1.82, 2.24) is 19.7 Å². The molecule has 0 radical (unpaired) electrons. The Balaban J connectivity index is 1.26. The highest BCUT2D eigenvalue weighted by Crippen LogP contribution is 2.20. The van der Waals surface area contributed by atoms with Gasteiger partial charge in [-0.2, -0.15) is 0 Å². The van der Waals surface area contributed by atoms with Crippen LogP contribution in [0.4, 0.5) is 0 Å². The van der Waals surface area contributed by atoms with Gasteiger partial charge in [0.05, 0.1) is 6.54 Å². The Morgan fingerprint density at radius 1 is 1.07 bits per heavy atom. The van der Waals surface area contributed by atoms with E-state index in [9.17, 15) is 9.90 Å². The second-order valence-electron chi connectivity index (χ2n) is 8.28. The molecule has 0 atom stereocenters. The summed E-state index contributed by atoms with van der Waals surface area (Å²) in [7, 11) is 0. The molecule has 1 N–H and O–H groups in total. The van der Waals surface area contributed by atoms with Crippen LogP contribution in [-0.2, 0) is 13.1 Å². The highest BCUT2D eigenvalue weighted by atomic mass is 16.3. The van der Waals surface area contributed by atoms with Gasteiger partial charge in [0.25, 0.3) is 5.91 Å². The molecule has 7 heteroatoms. The topological polar surface area (TPSA) is 73.1 Å². The predicted molar refractivity (Wildman–Crippen MR) is 109 cm³/mol. The minimum atomic E-state index is -0.0145. The summed E-state index contributed by atoms with van der Waals surface area (Å²) in [5.41, 5.74) is 1.39. The fraction of sp³-hybridized carbons (Fsp3) is 0.545. The molecule has 0 saturated carbocycles. The molecule has 1 aromatic heterocycles. The number of rotatable bonds is 5. The molecule has 0 spiro atoms. The van der Waals surface area contributed by atoms with E-state index < -0.39 is 0 Å². The molecule has 7 nitrogen and oxygen atoms in total. The SMILES string of the molecule is CC1CCN(C(=O)c2coc(CN3CCN(Cc4ccccc4O)CC3)n2)CC1. The van der Waals surface area contributed by atoms with Crippen LogP contribution in [0.1, 0.15) is 41.7 Å². The number of aromatic nitrogens is 1. The molecule has 2 aliphatic rings. The molecule has 29 heavy (non-hydrogen) atoms. The van der Waals surface area contributed by atoms with Crippen molar-refractivity contribution in [3.63, 3.8) is 0 Å². The summed E-state index contributed by atoms with van der Waals surface area (Å²) < 4.78 is 5.59. The third kappa shape index (κ3) is 4.97. The minimum absolute atomic E-state index is 0.0145. The third-order valence-electron chi connectivity index (χ3n) is 6.05. The van der Waals surface area contributed by atoms with Gasteiger partial charge in [0.15, 0.2) is 5.69 Å². The maximum Gasteiger partial charge on any atom is 0.275 e. The van der Waals surface area contributed by atoms with E-state index in [0.29, 0.717) is 29.8 Å². The Hall–Kier alpha value is -2.38. The summed E-state index contributed by atoms with van der Waals surface area (Å²) in [5, 5.41) is 9.95. The lowest BCUT2D eigenvalue weighted by atomic mass is 9.99. The van der Waals surface area contributed by atoms with Crippen LogP contribution >= 0.6 is 0 Å². The van der Waals surface area contributed by atoms with Crippen molar-refractivity contribution in [2.75, 3.05) is 39.3 Å². The monoisotopic (exact) mass is 398 g/mol. The van der Waals surface area contributed by atoms with Crippen LogP contribution in [0.15, 0.2) is 34.9 Å². The van der Waals surface area contributed by atoms with Gasteiger partial charge in [-0.05, 0) is 24.8 Å². The number of benzene rings is 1. The molecular weight excluding hydrogens is 368 g/mol. The van der Waals surface area contributed by atoms with Crippen LogP contribution in [-0.4, -0.2) is 70.0 Å². The molecule has 4 rings (SSSR count). The highest BCUT2D eigenvalue weighted by Gasteiger charge is 2.25. The number of likely N-dealkylation sites (tertiary alicyclic amines) is 1. The normalized spacial score (nSPS) is 19.6. The van der Waals surface area contributed by atoms with Gasteiger partial charge in [0.2, 0.25) is 5.89 Å². The summed E-state index contributed by atoms with van der Waals surface area (Å²) in [4.78, 5) is 23.6. The number of piperazine rings is 1. The summed E-state index contributed by atoms with van der Waals surface area (Å²) >= 11 is 0. The number of hydrogen-bond donors (Lipinski definition) is 1. The van der Waals surface area contributed by atoms with Crippen LogP contribution in [0, 0.1) is 5.92 Å². The molecule has 0 unspecified atom stereocenters. The zero-order valence-electron chi connectivity index (χ0n) is 17.1. The zero-order chi connectivity index (χ0) is 20.2. The number of phenolic OH excluding ortho intramolecular Hbond substituents is 1. The third-order valence-corrected chi connectivity index (χ3v) is 6.05. The molecule has 0 aliphatic carbocycles. The molecule has 2 aromatic rings. The maximum absolute atomic E-state index is 12.6. The summed E-state index contributed by atoms with van der Waals surface area (Å²) in [6.07, 6.45) is 3.62. The lowest BCUT2D eigenvalue weighted by Crippen LogP contribution is -2.45. The predicted octanol–water partition coefficient (Wildman–Crippen LogP) is 2.57. The van der Waals surface area contributed by atoms with Gasteiger partial charge >= 0.3 is 0 Å². The number of carbonyl (C=O) groups is 1. The van der Waals surface area contributed by atoms with Crippen molar-refractivity contribution in [1.29, 1.82) is 0 Å². The van der Waals surface area contributed by atoms with Crippen LogP contribution < -0.4 is 0 Å². The quantitative estimate of drug-likeness (QED) is 0.835. The molecule has 2 saturated heterocycles. The van der Waals surface area contributed by atoms with Gasteiger partial charge in [-0.3, -0.25) is 14.6 Å². The number of phenols is 1. The van der Waals surface area contributed by atoms with Crippen molar-refractivity contribution < 1.29 is 14.3 Å². The Labute approximate surface area is 171 Å². The van der Waals surface area contributed by atoms with Crippen molar-refractivity contribution in [2.45, 2.75) is 32.9 Å². The second-order valence-corrected chi connectivity index (χ2v) is 8.28. The first-order valence-electron chi connectivity index (χ1n) is 10.5. The number of hydrogen-bond acceptors (Lipinski definition) is 6. The van der Waals surface area contributed by atoms with E-state index in [2.05, 4.69) is 21.7 Å². The van der Waals surface area contributed by atoms with Crippen molar-refractivity contribution in [3.05, 3.63) is 47.7 Å². The van der Waals surface area contributed by atoms with Crippen molar-refractivity contribution >= 4 is 5.91 Å². The van der Waals surface area contributed by atoms with Crippen LogP contribution in [0.3, 0.4) is 0 Å². The fourth-order valence-corrected chi connectivity index (χ4v) is 4.04. The van der Waals surface area contributed by atoms with Crippen LogP contribution in [0.25, 0.3) is 0 Å². The average molecular weight is 399 g/mol. The summed E-state index contributed by atoms with van der Waals surface area (Å²) in [6, 6.07) is 7.50. The standard InChI is InChI=1S/C22H30N4O3/c1-17-6-8-26(9-7-17)22(28)19-16-29-21(23-19)15-25-12-10-24(11-13-25)14-18-4-2-3-5-20(18)27/h2-5,16-17,27H,6-15H2,1H3. The lowest BCUT2D eigenvalue weighted by Gasteiger charge is -2.34. The Morgan fingerprint density at radius 3 is 2.41 bits per heavy atom. The van der Waals surface area contributed by atoms with E-state index in [1.54, 1.807) is 6.07 Å². The zero-order valence-corrected chi connectivity index (χ0v) is 17.1. The van der Waals surface area contributed by atoms with Crippen molar-refractivity contribution in [3.8, 4) is 5.75 Å². The highest BCUT2D eigenvalue weighted by molar-refractivity contribution is 5.92. The van der Waals surface area contributed by atoms with E-state index in [1.165, 1.54) is 6.26 Å². The second kappa shape index (κ2) is 8.97. The molecular formula is C22H30N4O3. The van der Waals surface area contributed by atoms with E-state index in [-0.39, 0.29) is 5.91 Å². The Morgan fingerprint density at radius 2 is 1.72 bits per heavy atom. The van der Waals surface area contributed by atoms with Gasteiger partial charge in [-0.15, -0.1) is 0 Å². The maximum atomic E-state index is 12.6. The van der Waals surface area contributed by atoms with E-state index in [0.717, 1.165) is 64.2 Å². The molecule has 1 aromatic carbocycles. The van der Waals surface area contributed by atoms with Gasteiger partial charge in [-0.1, -0.05) is 25.1 Å². The largest absolute Gasteiger partial charge is 0.508 e. The van der Waals surface area contributed by atoms with Gasteiger partial charge in [-0.25, -0.2) is 4.98 Å². The first-order valence-corrected chi connectivity index (χ1v) is 10.5. The first-order chi connectivity index (χ1) is 14.1. The van der Waals surface area contributed by atoms with Crippen molar-refractivity contribution in [2.24, 2.45) is 5.92 Å². The van der Waals surface area contributed by atoms with E-state index in [1.807, 2.05) is 23.1 Å².